The molecule has 1 saturated heterocycles. The standard InChI is InChI=1S/C10H16N4O.ClH/c1-2-10(4-3-5-11-10)9(15)14-8-6-12-13-7-8;/h6-7,11H,2-5H2,1H3,(H,12,13)(H,14,15);1H. The number of carbonyl (C=O) groups excluding carboxylic acids is 1. The van der Waals surface area contributed by atoms with Crippen molar-refractivity contribution in [2.45, 2.75) is 31.7 Å². The molecule has 1 fully saturated rings. The van der Waals surface area contributed by atoms with Crippen LogP contribution in [0, 0.1) is 0 Å². The Labute approximate surface area is 101 Å². The first-order valence-corrected chi connectivity index (χ1v) is 5.32. The largest absolute Gasteiger partial charge is 0.322 e. The van der Waals surface area contributed by atoms with Crippen molar-refractivity contribution in [2.24, 2.45) is 0 Å². The monoisotopic (exact) mass is 244 g/mol. The molecule has 2 heterocycles. The number of aromatic amines is 1. The second-order valence-corrected chi connectivity index (χ2v) is 3.91. The highest BCUT2D eigenvalue weighted by atomic mass is 35.5. The molecule has 2 rings (SSSR count). The molecule has 1 amide bonds. The highest BCUT2D eigenvalue weighted by Gasteiger charge is 2.39. The van der Waals surface area contributed by atoms with E-state index >= 15 is 0 Å². The van der Waals surface area contributed by atoms with Gasteiger partial charge in [-0.3, -0.25) is 9.89 Å². The number of carbonyl (C=O) groups is 1. The molecule has 0 bridgehead atoms. The Kier molecular flexibility index (Phi) is 4.32. The van der Waals surface area contributed by atoms with Gasteiger partial charge in [0, 0.05) is 6.20 Å². The van der Waals surface area contributed by atoms with Crippen molar-refractivity contribution in [3.05, 3.63) is 12.4 Å². The fourth-order valence-electron chi connectivity index (χ4n) is 2.03. The molecule has 1 atom stereocenters. The molecule has 1 aliphatic rings. The van der Waals surface area contributed by atoms with Gasteiger partial charge in [0.05, 0.1) is 17.4 Å². The van der Waals surface area contributed by atoms with Crippen LogP contribution in [0.15, 0.2) is 12.4 Å². The second kappa shape index (κ2) is 5.32. The third-order valence-corrected chi connectivity index (χ3v) is 3.04. The minimum absolute atomic E-state index is 0. The van der Waals surface area contributed by atoms with Crippen LogP contribution < -0.4 is 10.6 Å². The van der Waals surface area contributed by atoms with Gasteiger partial charge in [0.2, 0.25) is 5.91 Å². The molecule has 0 saturated carbocycles. The lowest BCUT2D eigenvalue weighted by Crippen LogP contribution is -2.50. The lowest BCUT2D eigenvalue weighted by molar-refractivity contribution is -0.122. The number of halogens is 1. The number of anilines is 1. The minimum Gasteiger partial charge on any atom is -0.322 e. The zero-order valence-electron chi connectivity index (χ0n) is 9.25. The Bertz CT molecular complexity index is 333. The summed E-state index contributed by atoms with van der Waals surface area (Å²) >= 11 is 0. The molecule has 3 N–H and O–H groups in total. The van der Waals surface area contributed by atoms with E-state index in [1.54, 1.807) is 12.4 Å². The molecule has 90 valence electrons. The highest BCUT2D eigenvalue weighted by molar-refractivity contribution is 5.98. The number of rotatable bonds is 3. The first-order valence-electron chi connectivity index (χ1n) is 5.32. The number of H-pyrrole nitrogens is 1. The molecule has 1 aromatic heterocycles. The van der Waals surface area contributed by atoms with Crippen LogP contribution in [0.1, 0.15) is 26.2 Å². The van der Waals surface area contributed by atoms with E-state index in [0.29, 0.717) is 0 Å². The Morgan fingerprint density at radius 1 is 1.69 bits per heavy atom. The third kappa shape index (κ3) is 2.36. The second-order valence-electron chi connectivity index (χ2n) is 3.91. The van der Waals surface area contributed by atoms with Crippen molar-refractivity contribution < 1.29 is 4.79 Å². The van der Waals surface area contributed by atoms with Crippen LogP contribution in [-0.4, -0.2) is 28.2 Å². The number of nitrogens with one attached hydrogen (secondary N) is 3. The summed E-state index contributed by atoms with van der Waals surface area (Å²) in [6, 6.07) is 0. The van der Waals surface area contributed by atoms with Crippen LogP contribution in [0.3, 0.4) is 0 Å². The normalized spacial score (nSPS) is 23.8. The summed E-state index contributed by atoms with van der Waals surface area (Å²) in [5.41, 5.74) is 0.346. The molecular formula is C10H17ClN4O. The number of amides is 1. The molecule has 16 heavy (non-hydrogen) atoms. The predicted octanol–water partition coefficient (Wildman–Crippen LogP) is 1.30. The maximum Gasteiger partial charge on any atom is 0.244 e. The summed E-state index contributed by atoms with van der Waals surface area (Å²) in [7, 11) is 0. The topological polar surface area (TPSA) is 69.8 Å². The maximum atomic E-state index is 12.1. The molecule has 1 aromatic rings. The van der Waals surface area contributed by atoms with E-state index in [1.807, 2.05) is 6.92 Å². The zero-order valence-corrected chi connectivity index (χ0v) is 10.1. The quantitative estimate of drug-likeness (QED) is 0.751. The van der Waals surface area contributed by atoms with Gasteiger partial charge in [-0.15, -0.1) is 12.4 Å². The molecule has 0 aliphatic carbocycles. The first kappa shape index (κ1) is 13.0. The van der Waals surface area contributed by atoms with E-state index < -0.39 is 0 Å². The van der Waals surface area contributed by atoms with Gasteiger partial charge in [-0.25, -0.2) is 0 Å². The van der Waals surface area contributed by atoms with Gasteiger partial charge in [0.1, 0.15) is 0 Å². The van der Waals surface area contributed by atoms with Crippen molar-refractivity contribution in [1.82, 2.24) is 15.5 Å². The van der Waals surface area contributed by atoms with E-state index in [4.69, 9.17) is 0 Å². The summed E-state index contributed by atoms with van der Waals surface area (Å²) in [4.78, 5) is 12.1. The SMILES string of the molecule is CCC1(C(=O)Nc2cn[nH]c2)CCCN1.Cl. The summed E-state index contributed by atoms with van der Waals surface area (Å²) in [6.07, 6.45) is 6.07. The number of nitrogens with zero attached hydrogens (tertiary/aromatic N) is 1. The smallest absolute Gasteiger partial charge is 0.244 e. The van der Waals surface area contributed by atoms with Gasteiger partial charge < -0.3 is 10.6 Å². The lowest BCUT2D eigenvalue weighted by Gasteiger charge is -2.26. The fraction of sp³-hybridized carbons (Fsp3) is 0.600. The first-order chi connectivity index (χ1) is 7.27. The zero-order chi connectivity index (χ0) is 10.7. The van der Waals surface area contributed by atoms with E-state index in [9.17, 15) is 4.79 Å². The molecule has 0 aromatic carbocycles. The summed E-state index contributed by atoms with van der Waals surface area (Å²) < 4.78 is 0. The maximum absolute atomic E-state index is 12.1. The molecule has 6 heteroatoms. The molecule has 1 unspecified atom stereocenters. The van der Waals surface area contributed by atoms with Gasteiger partial charge in [-0.05, 0) is 25.8 Å². The van der Waals surface area contributed by atoms with Gasteiger partial charge >= 0.3 is 0 Å². The summed E-state index contributed by atoms with van der Waals surface area (Å²) in [6.45, 7) is 2.96. The van der Waals surface area contributed by atoms with Crippen LogP contribution in [0.2, 0.25) is 0 Å². The van der Waals surface area contributed by atoms with Gasteiger partial charge in [-0.2, -0.15) is 5.10 Å². The van der Waals surface area contributed by atoms with Gasteiger partial charge in [-0.1, -0.05) is 6.92 Å². The minimum atomic E-state index is -0.378. The van der Waals surface area contributed by atoms with E-state index in [0.717, 1.165) is 31.5 Å². The van der Waals surface area contributed by atoms with Crippen LogP contribution in [0.25, 0.3) is 0 Å². The van der Waals surface area contributed by atoms with Crippen molar-refractivity contribution in [3.63, 3.8) is 0 Å². The van der Waals surface area contributed by atoms with E-state index in [-0.39, 0.29) is 23.9 Å². The molecule has 5 nitrogen and oxygen atoms in total. The van der Waals surface area contributed by atoms with Crippen LogP contribution >= 0.6 is 12.4 Å². The molecule has 0 spiro atoms. The lowest BCUT2D eigenvalue weighted by atomic mass is 9.93. The van der Waals surface area contributed by atoms with Crippen LogP contribution in [-0.2, 0) is 4.79 Å². The molecular weight excluding hydrogens is 228 g/mol. The number of hydrogen-bond acceptors (Lipinski definition) is 3. The van der Waals surface area contributed by atoms with Crippen molar-refractivity contribution in [2.75, 3.05) is 11.9 Å². The van der Waals surface area contributed by atoms with Crippen molar-refractivity contribution in [3.8, 4) is 0 Å². The van der Waals surface area contributed by atoms with E-state index in [1.165, 1.54) is 0 Å². The van der Waals surface area contributed by atoms with Crippen molar-refractivity contribution in [1.29, 1.82) is 0 Å². The summed E-state index contributed by atoms with van der Waals surface area (Å²) in [5, 5.41) is 12.6. The average molecular weight is 245 g/mol. The summed E-state index contributed by atoms with van der Waals surface area (Å²) in [5.74, 6) is 0.0453. The predicted molar refractivity (Wildman–Crippen MR) is 64.7 cm³/mol. The molecule has 1 aliphatic heterocycles. The van der Waals surface area contributed by atoms with Crippen LogP contribution in [0.5, 0.6) is 0 Å². The molecule has 0 radical (unpaired) electrons. The third-order valence-electron chi connectivity index (χ3n) is 3.04. The number of hydrogen-bond donors (Lipinski definition) is 3. The van der Waals surface area contributed by atoms with Gasteiger partial charge in [0.15, 0.2) is 0 Å². The Morgan fingerprint density at radius 3 is 3.00 bits per heavy atom. The number of aromatic nitrogens is 2. The highest BCUT2D eigenvalue weighted by Crippen LogP contribution is 2.24. The fourth-order valence-corrected chi connectivity index (χ4v) is 2.03. The van der Waals surface area contributed by atoms with Crippen LogP contribution in [0.4, 0.5) is 5.69 Å². The Morgan fingerprint density at radius 2 is 2.50 bits per heavy atom. The van der Waals surface area contributed by atoms with Gasteiger partial charge in [0.25, 0.3) is 0 Å². The average Bonchev–Trinajstić information content (AvgIpc) is 2.87. The van der Waals surface area contributed by atoms with Crippen molar-refractivity contribution >= 4 is 24.0 Å². The van der Waals surface area contributed by atoms with E-state index in [2.05, 4.69) is 20.8 Å². The Hall–Kier alpha value is -1.07. The Balaban J connectivity index is 0.00000128.